The molecule has 2 fully saturated rings. The topological polar surface area (TPSA) is 9.23 Å². The summed E-state index contributed by atoms with van der Waals surface area (Å²) in [4.78, 5) is 0. The minimum atomic E-state index is -0.521. The van der Waals surface area contributed by atoms with Crippen LogP contribution in [0.3, 0.4) is 0 Å². The predicted octanol–water partition coefficient (Wildman–Crippen LogP) is 9.42. The quantitative estimate of drug-likeness (QED) is 0.203. The van der Waals surface area contributed by atoms with E-state index in [1.807, 2.05) is 0 Å². The molecule has 0 atom stereocenters. The smallest absolute Gasteiger partial charge is 0.190 e. The first kappa shape index (κ1) is 26.7. The highest BCUT2D eigenvalue weighted by molar-refractivity contribution is 6.58. The molecule has 1 saturated heterocycles. The molecule has 1 aliphatic carbocycles. The van der Waals surface area contributed by atoms with E-state index in [1.54, 1.807) is 30.3 Å². The zero-order valence-electron chi connectivity index (χ0n) is 21.4. The van der Waals surface area contributed by atoms with Gasteiger partial charge in [-0.3, -0.25) is 0 Å². The second-order valence-corrected chi connectivity index (χ2v) is 14.4. The first-order valence-electron chi connectivity index (χ1n) is 14.2. The molecular weight excluding hydrogens is 430 g/mol. The van der Waals surface area contributed by atoms with Gasteiger partial charge in [-0.25, -0.2) is 8.78 Å². The molecule has 0 radical (unpaired) electrons. The Morgan fingerprint density at radius 1 is 0.758 bits per heavy atom. The summed E-state index contributed by atoms with van der Waals surface area (Å²) in [6.45, 7) is 4.87. The lowest BCUT2D eigenvalue weighted by molar-refractivity contribution is 0.215. The van der Waals surface area contributed by atoms with Gasteiger partial charge in [0.05, 0.1) is 6.61 Å². The molecule has 1 aromatic carbocycles. The summed E-state index contributed by atoms with van der Waals surface area (Å²) in [6.07, 6.45) is 17.3. The highest BCUT2D eigenvalue weighted by atomic mass is 28.3. The summed E-state index contributed by atoms with van der Waals surface area (Å²) in [6, 6.07) is 7.79. The van der Waals surface area contributed by atoms with Crippen molar-refractivity contribution in [2.45, 2.75) is 128 Å². The number of halogens is 2. The van der Waals surface area contributed by atoms with Crippen LogP contribution in [0.1, 0.15) is 115 Å². The molecule has 0 amide bonds. The lowest BCUT2D eigenvalue weighted by Gasteiger charge is -2.37. The Morgan fingerprint density at radius 2 is 1.33 bits per heavy atom. The van der Waals surface area contributed by atoms with Crippen LogP contribution >= 0.6 is 0 Å². The first-order valence-corrected chi connectivity index (χ1v) is 16.7. The third kappa shape index (κ3) is 8.37. The average Bonchev–Trinajstić information content (AvgIpc) is 2.83. The van der Waals surface area contributed by atoms with E-state index < -0.39 is 20.4 Å². The molecule has 2 aliphatic rings. The maximum atomic E-state index is 14.7. The summed E-state index contributed by atoms with van der Waals surface area (Å²) in [5, 5.41) is 0. The Bertz CT molecular complexity index is 655. The maximum Gasteiger partial charge on any atom is 0.190 e. The number of unbranched alkanes of at least 4 members (excludes halogenated alkanes) is 6. The van der Waals surface area contributed by atoms with Gasteiger partial charge in [0.1, 0.15) is 0 Å². The molecule has 4 heteroatoms. The number of benzene rings is 1. The van der Waals surface area contributed by atoms with E-state index in [9.17, 15) is 8.78 Å². The van der Waals surface area contributed by atoms with Crippen molar-refractivity contribution in [3.05, 3.63) is 29.3 Å². The molecule has 0 unspecified atom stereocenters. The average molecular weight is 479 g/mol. The van der Waals surface area contributed by atoms with Gasteiger partial charge in [-0.1, -0.05) is 89.8 Å². The fourth-order valence-electron chi connectivity index (χ4n) is 6.39. The molecule has 1 nitrogen and oxygen atoms in total. The molecule has 1 aliphatic heterocycles. The summed E-state index contributed by atoms with van der Waals surface area (Å²) < 4.78 is 34.8. The van der Waals surface area contributed by atoms with Gasteiger partial charge in [0, 0.05) is 8.80 Å². The number of hydrogen-bond donors (Lipinski definition) is 0. The molecule has 0 N–H and O–H groups in total. The van der Waals surface area contributed by atoms with Crippen molar-refractivity contribution in [3.63, 3.8) is 0 Å². The van der Waals surface area contributed by atoms with Crippen LogP contribution in [-0.4, -0.2) is 15.4 Å². The largest absolute Gasteiger partial charge is 0.488 e. The van der Waals surface area contributed by atoms with Crippen LogP contribution in [0.15, 0.2) is 12.1 Å². The molecule has 188 valence electrons. The third-order valence-electron chi connectivity index (χ3n) is 8.53. The zero-order valence-corrected chi connectivity index (χ0v) is 22.5. The summed E-state index contributed by atoms with van der Waals surface area (Å²) >= 11 is 0. The van der Waals surface area contributed by atoms with E-state index in [4.69, 9.17) is 4.74 Å². The lowest BCUT2D eigenvalue weighted by Crippen LogP contribution is -2.28. The fourth-order valence-corrected chi connectivity index (χ4v) is 9.92. The van der Waals surface area contributed by atoms with Crippen molar-refractivity contribution < 1.29 is 13.5 Å². The van der Waals surface area contributed by atoms with E-state index >= 15 is 0 Å². The minimum absolute atomic E-state index is 0.178. The summed E-state index contributed by atoms with van der Waals surface area (Å²) in [5.74, 6) is 0.842. The Hall–Kier alpha value is -0.903. The van der Waals surface area contributed by atoms with E-state index in [0.717, 1.165) is 49.5 Å². The van der Waals surface area contributed by atoms with Crippen molar-refractivity contribution in [1.82, 2.24) is 0 Å². The maximum absolute atomic E-state index is 14.7. The second kappa shape index (κ2) is 14.5. The number of rotatable bonds is 13. The Balaban J connectivity index is 1.42. The predicted molar refractivity (Wildman–Crippen MR) is 139 cm³/mol. The molecular formula is C29H48F2OSi. The first-order chi connectivity index (χ1) is 16.1. The lowest BCUT2D eigenvalue weighted by atomic mass is 9.72. The van der Waals surface area contributed by atoms with Gasteiger partial charge in [0.15, 0.2) is 17.4 Å². The van der Waals surface area contributed by atoms with Crippen LogP contribution in [0.25, 0.3) is 0 Å². The van der Waals surface area contributed by atoms with Gasteiger partial charge in [0.25, 0.3) is 0 Å². The molecule has 1 aromatic rings. The third-order valence-corrected chi connectivity index (χ3v) is 12.1. The van der Waals surface area contributed by atoms with Crippen LogP contribution < -0.4 is 4.74 Å². The van der Waals surface area contributed by atoms with Crippen LogP contribution in [0, 0.1) is 23.5 Å². The molecule has 0 bridgehead atoms. The Kier molecular flexibility index (Phi) is 11.7. The van der Waals surface area contributed by atoms with E-state index in [2.05, 4.69) is 13.8 Å². The number of hydrogen-bond acceptors (Lipinski definition) is 1. The van der Waals surface area contributed by atoms with Gasteiger partial charge in [-0.15, -0.1) is 0 Å². The standard InChI is InChI=1S/C29H48F2OSi/c1-3-5-7-8-9-17-32-29-27(30)21-26(22-28(29)31)24-13-11-23(12-14-24)25-15-19-33(20-16-25)18-10-6-4-2/h21-25,33H,3-20H2,1-2H3/t23?,24?,25-,33-. The number of ether oxygens (including phenoxy) is 1. The second-order valence-electron chi connectivity index (χ2n) is 11.0. The SMILES string of the molecule is CCCCCCCOc1c(F)cc(C2CCC([C@H]3CC[Si@H](CCCCC)CC3)CC2)cc1F. The molecule has 33 heavy (non-hydrogen) atoms. The molecule has 0 aromatic heterocycles. The van der Waals surface area contributed by atoms with E-state index in [-0.39, 0.29) is 5.75 Å². The van der Waals surface area contributed by atoms with Crippen LogP contribution in [0.4, 0.5) is 8.78 Å². The van der Waals surface area contributed by atoms with Crippen molar-refractivity contribution in [3.8, 4) is 5.75 Å². The summed E-state index contributed by atoms with van der Waals surface area (Å²) in [7, 11) is -0.440. The van der Waals surface area contributed by atoms with Gasteiger partial charge in [0.2, 0.25) is 0 Å². The van der Waals surface area contributed by atoms with Gasteiger partial charge in [-0.05, 0) is 67.6 Å². The fraction of sp³-hybridized carbons (Fsp3) is 0.793. The highest BCUT2D eigenvalue weighted by Crippen LogP contribution is 2.44. The Labute approximate surface area is 203 Å². The molecule has 3 rings (SSSR count). The van der Waals surface area contributed by atoms with Crippen LogP contribution in [0.2, 0.25) is 18.1 Å². The minimum Gasteiger partial charge on any atom is -0.488 e. The Morgan fingerprint density at radius 3 is 1.97 bits per heavy atom. The molecule has 1 heterocycles. The molecule has 0 spiro atoms. The summed E-state index contributed by atoms with van der Waals surface area (Å²) in [5.41, 5.74) is 0.839. The monoisotopic (exact) mass is 478 g/mol. The van der Waals surface area contributed by atoms with E-state index in [0.29, 0.717) is 12.5 Å². The van der Waals surface area contributed by atoms with Crippen molar-refractivity contribution in [2.75, 3.05) is 6.61 Å². The zero-order chi connectivity index (χ0) is 23.5. The van der Waals surface area contributed by atoms with Crippen molar-refractivity contribution >= 4 is 8.80 Å². The van der Waals surface area contributed by atoms with Crippen molar-refractivity contribution in [2.24, 2.45) is 11.8 Å². The van der Waals surface area contributed by atoms with Crippen LogP contribution in [0.5, 0.6) is 5.75 Å². The van der Waals surface area contributed by atoms with Gasteiger partial charge >= 0.3 is 0 Å². The molecule has 1 saturated carbocycles. The van der Waals surface area contributed by atoms with E-state index in [1.165, 1.54) is 57.8 Å². The van der Waals surface area contributed by atoms with Crippen LogP contribution in [-0.2, 0) is 0 Å². The van der Waals surface area contributed by atoms with Gasteiger partial charge < -0.3 is 4.74 Å². The normalized spacial score (nSPS) is 25.8. The van der Waals surface area contributed by atoms with Gasteiger partial charge in [-0.2, -0.15) is 0 Å². The van der Waals surface area contributed by atoms with Crippen molar-refractivity contribution in [1.29, 1.82) is 0 Å². The highest BCUT2D eigenvalue weighted by Gasteiger charge is 2.32.